The smallest absolute Gasteiger partial charge is 0.332 e. The number of aliphatic carboxylic acids is 1. The summed E-state index contributed by atoms with van der Waals surface area (Å²) < 4.78 is 0. The van der Waals surface area contributed by atoms with Crippen LogP contribution in [0.4, 0.5) is 0 Å². The Bertz CT molecular complexity index is 395. The standard InChI is InChI=1S/C12H12O2S/c13-12(14)10-7-4-8-15-11(10)9-5-2-1-3-6-9/h1-3,5-6H,4,7-8H2,(H,13,14). The van der Waals surface area contributed by atoms with Gasteiger partial charge in [-0.15, -0.1) is 11.8 Å². The molecule has 0 saturated carbocycles. The van der Waals surface area contributed by atoms with Crippen LogP contribution < -0.4 is 0 Å². The Labute approximate surface area is 93.0 Å². The Morgan fingerprint density at radius 2 is 2.00 bits per heavy atom. The highest BCUT2D eigenvalue weighted by Crippen LogP contribution is 2.37. The van der Waals surface area contributed by atoms with Gasteiger partial charge in [-0.2, -0.15) is 0 Å². The number of benzene rings is 1. The second-order valence-corrected chi connectivity index (χ2v) is 4.54. The predicted molar refractivity (Wildman–Crippen MR) is 62.7 cm³/mol. The third-order valence-electron chi connectivity index (χ3n) is 2.39. The fourth-order valence-electron chi connectivity index (χ4n) is 1.67. The molecule has 3 heteroatoms. The first-order valence-corrected chi connectivity index (χ1v) is 5.92. The highest BCUT2D eigenvalue weighted by atomic mass is 32.2. The van der Waals surface area contributed by atoms with Crippen LogP contribution in [0.15, 0.2) is 35.9 Å². The van der Waals surface area contributed by atoms with Crippen molar-refractivity contribution in [3.05, 3.63) is 41.5 Å². The van der Waals surface area contributed by atoms with Gasteiger partial charge in [-0.3, -0.25) is 0 Å². The Kier molecular flexibility index (Phi) is 3.11. The summed E-state index contributed by atoms with van der Waals surface area (Å²) in [5.41, 5.74) is 1.59. The number of thioether (sulfide) groups is 1. The quantitative estimate of drug-likeness (QED) is 0.832. The first kappa shape index (κ1) is 10.3. The number of hydrogen-bond acceptors (Lipinski definition) is 2. The zero-order valence-corrected chi connectivity index (χ0v) is 9.09. The lowest BCUT2D eigenvalue weighted by Crippen LogP contribution is -2.07. The molecule has 0 bridgehead atoms. The predicted octanol–water partition coefficient (Wildman–Crippen LogP) is 3.01. The summed E-state index contributed by atoms with van der Waals surface area (Å²) in [6.45, 7) is 0. The molecule has 1 aliphatic rings. The van der Waals surface area contributed by atoms with Gasteiger partial charge in [0.15, 0.2) is 0 Å². The number of carboxylic acid groups (broad SMARTS) is 1. The van der Waals surface area contributed by atoms with E-state index in [0.717, 1.165) is 22.6 Å². The monoisotopic (exact) mass is 220 g/mol. The van der Waals surface area contributed by atoms with Gasteiger partial charge in [-0.1, -0.05) is 30.3 Å². The van der Waals surface area contributed by atoms with Gasteiger partial charge < -0.3 is 5.11 Å². The van der Waals surface area contributed by atoms with Gasteiger partial charge in [0.1, 0.15) is 0 Å². The molecule has 0 unspecified atom stereocenters. The number of hydrogen-bond donors (Lipinski definition) is 1. The first-order valence-electron chi connectivity index (χ1n) is 4.93. The second kappa shape index (κ2) is 4.53. The second-order valence-electron chi connectivity index (χ2n) is 3.43. The highest BCUT2D eigenvalue weighted by Gasteiger charge is 2.19. The molecule has 0 fully saturated rings. The van der Waals surface area contributed by atoms with Gasteiger partial charge in [0, 0.05) is 4.91 Å². The van der Waals surface area contributed by atoms with Crippen LogP contribution in [-0.4, -0.2) is 16.8 Å². The summed E-state index contributed by atoms with van der Waals surface area (Å²) in [5.74, 6) is 0.238. The van der Waals surface area contributed by atoms with Crippen molar-refractivity contribution in [1.29, 1.82) is 0 Å². The van der Waals surface area contributed by atoms with Crippen molar-refractivity contribution in [1.82, 2.24) is 0 Å². The van der Waals surface area contributed by atoms with Crippen molar-refractivity contribution >= 4 is 22.6 Å². The minimum Gasteiger partial charge on any atom is -0.478 e. The maximum absolute atomic E-state index is 11.1. The zero-order chi connectivity index (χ0) is 10.7. The molecule has 1 heterocycles. The molecule has 2 nitrogen and oxygen atoms in total. The van der Waals surface area contributed by atoms with E-state index >= 15 is 0 Å². The molecule has 0 saturated heterocycles. The van der Waals surface area contributed by atoms with E-state index in [2.05, 4.69) is 0 Å². The summed E-state index contributed by atoms with van der Waals surface area (Å²) >= 11 is 1.65. The maximum Gasteiger partial charge on any atom is 0.332 e. The van der Waals surface area contributed by atoms with Gasteiger partial charge in [0.2, 0.25) is 0 Å². The molecule has 0 amide bonds. The molecule has 0 aliphatic carbocycles. The van der Waals surface area contributed by atoms with E-state index in [-0.39, 0.29) is 0 Å². The molecule has 1 N–H and O–H groups in total. The van der Waals surface area contributed by atoms with Crippen molar-refractivity contribution in [3.63, 3.8) is 0 Å². The van der Waals surface area contributed by atoms with Crippen molar-refractivity contribution in [3.8, 4) is 0 Å². The van der Waals surface area contributed by atoms with Crippen molar-refractivity contribution < 1.29 is 9.90 Å². The van der Waals surface area contributed by atoms with Gasteiger partial charge in [0.05, 0.1) is 5.57 Å². The Morgan fingerprint density at radius 1 is 1.27 bits per heavy atom. The van der Waals surface area contributed by atoms with E-state index in [1.807, 2.05) is 30.3 Å². The van der Waals surface area contributed by atoms with Crippen molar-refractivity contribution in [2.75, 3.05) is 5.75 Å². The summed E-state index contributed by atoms with van der Waals surface area (Å²) in [6.07, 6.45) is 1.65. The van der Waals surface area contributed by atoms with E-state index < -0.39 is 5.97 Å². The zero-order valence-electron chi connectivity index (χ0n) is 8.27. The Hall–Kier alpha value is -1.22. The van der Waals surface area contributed by atoms with Crippen LogP contribution in [0, 0.1) is 0 Å². The van der Waals surface area contributed by atoms with Gasteiger partial charge in [-0.25, -0.2) is 4.79 Å². The summed E-state index contributed by atoms with van der Waals surface area (Å²) in [7, 11) is 0. The van der Waals surface area contributed by atoms with Crippen molar-refractivity contribution in [2.24, 2.45) is 0 Å². The topological polar surface area (TPSA) is 37.3 Å². The van der Waals surface area contributed by atoms with Crippen LogP contribution in [0.3, 0.4) is 0 Å². The maximum atomic E-state index is 11.1. The molecule has 0 radical (unpaired) electrons. The minimum atomic E-state index is -0.777. The van der Waals surface area contributed by atoms with E-state index in [4.69, 9.17) is 5.11 Å². The minimum absolute atomic E-state index is 0.567. The summed E-state index contributed by atoms with van der Waals surface area (Å²) in [6, 6.07) is 9.76. The number of rotatable bonds is 2. The van der Waals surface area contributed by atoms with E-state index in [1.165, 1.54) is 0 Å². The average Bonchev–Trinajstić information content (AvgIpc) is 2.30. The lowest BCUT2D eigenvalue weighted by molar-refractivity contribution is -0.132. The molecule has 2 rings (SSSR count). The Morgan fingerprint density at radius 3 is 2.67 bits per heavy atom. The molecule has 1 aliphatic heterocycles. The molecule has 0 aromatic heterocycles. The van der Waals surface area contributed by atoms with Gasteiger partial charge in [0.25, 0.3) is 0 Å². The molecular formula is C12H12O2S. The van der Waals surface area contributed by atoms with E-state index in [9.17, 15) is 4.79 Å². The third kappa shape index (κ3) is 2.23. The Balaban J connectivity index is 2.44. The molecular weight excluding hydrogens is 208 g/mol. The molecule has 1 aromatic rings. The van der Waals surface area contributed by atoms with Crippen LogP contribution in [0.25, 0.3) is 4.91 Å². The van der Waals surface area contributed by atoms with Crippen molar-refractivity contribution in [2.45, 2.75) is 12.8 Å². The van der Waals surface area contributed by atoms with Crippen LogP contribution in [-0.2, 0) is 4.79 Å². The van der Waals surface area contributed by atoms with Gasteiger partial charge in [-0.05, 0) is 24.2 Å². The molecule has 78 valence electrons. The molecule has 0 atom stereocenters. The average molecular weight is 220 g/mol. The lowest BCUT2D eigenvalue weighted by atomic mass is 10.1. The SMILES string of the molecule is O=C(O)C1=C(c2ccccc2)SCCC1. The van der Waals surface area contributed by atoms with E-state index in [0.29, 0.717) is 12.0 Å². The van der Waals surface area contributed by atoms with Crippen LogP contribution in [0.5, 0.6) is 0 Å². The fraction of sp³-hybridized carbons (Fsp3) is 0.250. The highest BCUT2D eigenvalue weighted by molar-refractivity contribution is 8.08. The first-order chi connectivity index (χ1) is 7.29. The van der Waals surface area contributed by atoms with Gasteiger partial charge >= 0.3 is 5.97 Å². The fourth-order valence-corrected chi connectivity index (χ4v) is 2.83. The number of carboxylic acids is 1. The van der Waals surface area contributed by atoms with E-state index in [1.54, 1.807) is 11.8 Å². The number of carbonyl (C=O) groups is 1. The van der Waals surface area contributed by atoms with Crippen LogP contribution >= 0.6 is 11.8 Å². The third-order valence-corrected chi connectivity index (χ3v) is 3.65. The largest absolute Gasteiger partial charge is 0.478 e. The van der Waals surface area contributed by atoms with Crippen LogP contribution in [0.2, 0.25) is 0 Å². The molecule has 15 heavy (non-hydrogen) atoms. The normalized spacial score (nSPS) is 16.5. The van der Waals surface area contributed by atoms with Crippen LogP contribution in [0.1, 0.15) is 18.4 Å². The molecule has 0 spiro atoms. The molecule has 1 aromatic carbocycles. The lowest BCUT2D eigenvalue weighted by Gasteiger charge is -2.17. The summed E-state index contributed by atoms with van der Waals surface area (Å²) in [5, 5.41) is 9.10. The summed E-state index contributed by atoms with van der Waals surface area (Å²) in [4.78, 5) is 12.0.